The van der Waals surface area contributed by atoms with Gasteiger partial charge in [-0.05, 0) is 12.1 Å². The third kappa shape index (κ3) is 3.16. The molecule has 4 heterocycles. The molecule has 0 amide bonds. The number of thioether (sulfide) groups is 1. The monoisotopic (exact) mass is 492 g/mol. The third-order valence-electron chi connectivity index (χ3n) is 5.69. The molecule has 0 saturated heterocycles. The summed E-state index contributed by atoms with van der Waals surface area (Å²) in [6.07, 6.45) is 0. The van der Waals surface area contributed by atoms with Crippen LogP contribution in [0.3, 0.4) is 0 Å². The minimum Gasteiger partial charge on any atom is -0.395 e. The largest absolute Gasteiger partial charge is 0.395 e. The minimum absolute atomic E-state index is 0.0895. The van der Waals surface area contributed by atoms with Crippen molar-refractivity contribution >= 4 is 45.6 Å². The van der Waals surface area contributed by atoms with Crippen molar-refractivity contribution in [3.05, 3.63) is 72.2 Å². The second-order valence-corrected chi connectivity index (χ2v) is 10.3. The summed E-state index contributed by atoms with van der Waals surface area (Å²) >= 11 is 8.99. The van der Waals surface area contributed by atoms with Crippen LogP contribution in [0, 0.1) is 5.82 Å². The van der Waals surface area contributed by atoms with Crippen molar-refractivity contribution in [2.75, 3.05) is 6.61 Å². The molecule has 0 unspecified atom stereocenters. The van der Waals surface area contributed by atoms with Gasteiger partial charge in [0.1, 0.15) is 16.0 Å². The zero-order valence-corrected chi connectivity index (χ0v) is 19.5. The van der Waals surface area contributed by atoms with E-state index >= 15 is 0 Å². The summed E-state index contributed by atoms with van der Waals surface area (Å²) in [5, 5.41) is 12.6. The molecule has 1 N–H and O–H groups in total. The van der Waals surface area contributed by atoms with Crippen LogP contribution in [0.25, 0.3) is 22.2 Å². The number of hydrogen-bond donors (Lipinski definition) is 1. The highest BCUT2D eigenvalue weighted by Gasteiger charge is 2.37. The van der Waals surface area contributed by atoms with E-state index in [1.807, 2.05) is 4.57 Å². The van der Waals surface area contributed by atoms with E-state index in [4.69, 9.17) is 11.6 Å². The van der Waals surface area contributed by atoms with Gasteiger partial charge in [-0.15, -0.1) is 23.1 Å². The van der Waals surface area contributed by atoms with Gasteiger partial charge < -0.3 is 9.67 Å². The molecule has 32 heavy (non-hydrogen) atoms. The number of hydrogen-bond acceptors (Lipinski definition) is 6. The van der Waals surface area contributed by atoms with Crippen molar-refractivity contribution in [1.29, 1.82) is 0 Å². The zero-order valence-electron chi connectivity index (χ0n) is 17.1. The molecule has 0 fully saturated rings. The van der Waals surface area contributed by atoms with Crippen LogP contribution >= 0.6 is 34.7 Å². The lowest BCUT2D eigenvalue weighted by Crippen LogP contribution is -2.37. The summed E-state index contributed by atoms with van der Waals surface area (Å²) in [5.41, 5.74) is 1.35. The van der Waals surface area contributed by atoms with Crippen molar-refractivity contribution in [1.82, 2.24) is 18.7 Å². The Balaban J connectivity index is 1.97. The van der Waals surface area contributed by atoms with Crippen molar-refractivity contribution in [3.8, 4) is 11.3 Å². The zero-order chi connectivity index (χ0) is 22.7. The Labute approximate surface area is 194 Å². The predicted octanol–water partition coefficient (Wildman–Crippen LogP) is 3.15. The molecule has 4 aromatic rings. The van der Waals surface area contributed by atoms with E-state index in [9.17, 15) is 19.1 Å². The van der Waals surface area contributed by atoms with Crippen LogP contribution in [0.2, 0.25) is 5.15 Å². The van der Waals surface area contributed by atoms with Gasteiger partial charge in [0, 0.05) is 36.8 Å². The Morgan fingerprint density at radius 3 is 2.72 bits per heavy atom. The molecule has 11 heteroatoms. The number of aliphatic hydroxyl groups excluding tert-OH is 1. The van der Waals surface area contributed by atoms with Gasteiger partial charge in [0.2, 0.25) is 0 Å². The molecule has 0 radical (unpaired) electrons. The van der Waals surface area contributed by atoms with Crippen molar-refractivity contribution in [2.24, 2.45) is 14.1 Å². The van der Waals surface area contributed by atoms with Gasteiger partial charge in [-0.2, -0.15) is 0 Å². The predicted molar refractivity (Wildman–Crippen MR) is 125 cm³/mol. The Bertz CT molecular complexity index is 1490. The minimum atomic E-state index is -0.453. The maximum atomic E-state index is 14.2. The van der Waals surface area contributed by atoms with E-state index in [0.717, 1.165) is 10.3 Å². The van der Waals surface area contributed by atoms with Gasteiger partial charge in [-0.3, -0.25) is 13.9 Å². The summed E-state index contributed by atoms with van der Waals surface area (Å²) in [4.78, 5) is 30.6. The summed E-state index contributed by atoms with van der Waals surface area (Å²) in [7, 11) is 3.05. The molecule has 166 valence electrons. The molecule has 5 rings (SSSR count). The molecule has 2 atom stereocenters. The number of aryl methyl sites for hydroxylation is 1. The normalized spacial score (nSPS) is 18.3. The molecule has 0 spiro atoms. The second-order valence-electron chi connectivity index (χ2n) is 7.61. The van der Waals surface area contributed by atoms with E-state index in [0.29, 0.717) is 38.9 Å². The third-order valence-corrected chi connectivity index (χ3v) is 8.47. The van der Waals surface area contributed by atoms with Crippen molar-refractivity contribution in [2.45, 2.75) is 17.0 Å². The molecule has 0 bridgehead atoms. The first kappa shape index (κ1) is 21.4. The maximum absolute atomic E-state index is 14.2. The van der Waals surface area contributed by atoms with Gasteiger partial charge in [0.25, 0.3) is 5.56 Å². The topological polar surface area (TPSA) is 82.0 Å². The number of aliphatic hydroxyl groups is 1. The molecular weight excluding hydrogens is 475 g/mol. The maximum Gasteiger partial charge on any atom is 0.331 e. The number of aromatic nitrogens is 4. The molecule has 1 aromatic carbocycles. The highest BCUT2D eigenvalue weighted by atomic mass is 35.5. The summed E-state index contributed by atoms with van der Waals surface area (Å²) in [6.45, 7) is 0.303. The molecule has 1 aliphatic rings. The first-order chi connectivity index (χ1) is 15.3. The van der Waals surface area contributed by atoms with Crippen molar-refractivity contribution < 1.29 is 9.50 Å². The standard InChI is InChI=1S/C21H18ClFN4O3S2/c1-25-16-14(20(29)26(2)21(25)30)15(10-4-3-5-11(23)6-10)27-7-12(8-28)32-18(17(16)27)19-24-13(22)9-31-19/h3-6,9,12,18,28H,7-8H2,1-2H3/t12-,18+/m1/s1. The van der Waals surface area contributed by atoms with Crippen LogP contribution in [0.5, 0.6) is 0 Å². The van der Waals surface area contributed by atoms with Crippen LogP contribution in [0.15, 0.2) is 39.2 Å². The van der Waals surface area contributed by atoms with E-state index < -0.39 is 17.1 Å². The highest BCUT2D eigenvalue weighted by molar-refractivity contribution is 8.00. The number of thiazole rings is 1. The Hall–Kier alpha value is -2.40. The first-order valence-electron chi connectivity index (χ1n) is 9.77. The number of nitrogens with zero attached hydrogens (tertiary/aromatic N) is 4. The van der Waals surface area contributed by atoms with Crippen LogP contribution in [0.1, 0.15) is 16.0 Å². The fourth-order valence-corrected chi connectivity index (χ4v) is 6.81. The number of halogens is 2. The van der Waals surface area contributed by atoms with Gasteiger partial charge in [-0.25, -0.2) is 14.2 Å². The smallest absolute Gasteiger partial charge is 0.331 e. The van der Waals surface area contributed by atoms with Gasteiger partial charge in [0.15, 0.2) is 0 Å². The van der Waals surface area contributed by atoms with E-state index in [1.54, 1.807) is 24.6 Å². The van der Waals surface area contributed by atoms with Gasteiger partial charge in [-0.1, -0.05) is 23.7 Å². The average Bonchev–Trinajstić information content (AvgIpc) is 3.37. The fraction of sp³-hybridized carbons (Fsp3) is 0.286. The summed E-state index contributed by atoms with van der Waals surface area (Å²) in [5.74, 6) is -0.431. The van der Waals surface area contributed by atoms with Gasteiger partial charge >= 0.3 is 5.69 Å². The molecule has 1 aliphatic heterocycles. The van der Waals surface area contributed by atoms with Crippen LogP contribution in [-0.2, 0) is 20.6 Å². The van der Waals surface area contributed by atoms with Crippen LogP contribution < -0.4 is 11.2 Å². The van der Waals surface area contributed by atoms with E-state index in [1.165, 1.54) is 46.8 Å². The number of fused-ring (bicyclic) bond motifs is 3. The van der Waals surface area contributed by atoms with E-state index in [-0.39, 0.29) is 17.1 Å². The Morgan fingerprint density at radius 2 is 2.06 bits per heavy atom. The Morgan fingerprint density at radius 1 is 1.28 bits per heavy atom. The fourth-order valence-electron chi connectivity index (χ4n) is 4.30. The summed E-state index contributed by atoms with van der Waals surface area (Å²) in [6, 6.07) is 6.03. The molecule has 0 saturated carbocycles. The molecule has 0 aliphatic carbocycles. The lowest BCUT2D eigenvalue weighted by atomic mass is 10.1. The number of benzene rings is 1. The molecular formula is C21H18ClFN4O3S2. The molecule has 7 nitrogen and oxygen atoms in total. The quantitative estimate of drug-likeness (QED) is 0.475. The van der Waals surface area contributed by atoms with Crippen LogP contribution in [0.4, 0.5) is 4.39 Å². The van der Waals surface area contributed by atoms with Crippen molar-refractivity contribution in [3.63, 3.8) is 0 Å². The number of rotatable bonds is 3. The molecule has 3 aromatic heterocycles. The second kappa shape index (κ2) is 7.87. The van der Waals surface area contributed by atoms with E-state index in [2.05, 4.69) is 4.98 Å². The van der Waals surface area contributed by atoms with Gasteiger partial charge in [0.05, 0.1) is 34.1 Å². The lowest BCUT2D eigenvalue weighted by Gasteiger charge is -2.30. The first-order valence-corrected chi connectivity index (χ1v) is 12.0. The average molecular weight is 493 g/mol. The summed E-state index contributed by atoms with van der Waals surface area (Å²) < 4.78 is 18.6. The van der Waals surface area contributed by atoms with Crippen LogP contribution in [-0.4, -0.2) is 35.6 Å². The highest BCUT2D eigenvalue weighted by Crippen LogP contribution is 2.49. The SMILES string of the molecule is Cn1c(=O)c2c(-c3cccc(F)c3)n3c(c2n(C)c1=O)[C@@H](c1nc(Cl)cs1)S[C@@H](CO)C3. The Kier molecular flexibility index (Phi) is 5.28. The lowest BCUT2D eigenvalue weighted by molar-refractivity contribution is 0.284.